The molecule has 1 heterocycles. The number of benzene rings is 1. The predicted octanol–water partition coefficient (Wildman–Crippen LogP) is 1.60. The van der Waals surface area contributed by atoms with Gasteiger partial charge in [0.25, 0.3) is 5.91 Å². The summed E-state index contributed by atoms with van der Waals surface area (Å²) < 4.78 is 24.1. The van der Waals surface area contributed by atoms with E-state index in [9.17, 15) is 18.0 Å². The summed E-state index contributed by atoms with van der Waals surface area (Å²) in [5, 5.41) is 6.90. The van der Waals surface area contributed by atoms with Crippen LogP contribution in [0, 0.1) is 0 Å². The minimum Gasteiger partial charge on any atom is -0.353 e. The fourth-order valence-corrected chi connectivity index (χ4v) is 4.01. The number of sulfone groups is 1. The molecule has 2 rings (SSSR count). The van der Waals surface area contributed by atoms with Gasteiger partial charge in [0, 0.05) is 6.54 Å². The van der Waals surface area contributed by atoms with Crippen LogP contribution in [0.25, 0.3) is 0 Å². The van der Waals surface area contributed by atoms with E-state index in [4.69, 9.17) is 0 Å². The number of nitrogens with one attached hydrogen (secondary N) is 2. The Bertz CT molecular complexity index is 802. The molecule has 1 aromatic heterocycles. The predicted molar refractivity (Wildman–Crippen MR) is 98.2 cm³/mol. The summed E-state index contributed by atoms with van der Waals surface area (Å²) in [6, 6.07) is 11.6. The fourth-order valence-electron chi connectivity index (χ4n) is 2.12. The van der Waals surface area contributed by atoms with Crippen LogP contribution in [0.15, 0.2) is 47.8 Å². The Labute approximate surface area is 151 Å². The maximum Gasteiger partial charge on any atom is 0.261 e. The van der Waals surface area contributed by atoms with Crippen LogP contribution < -0.4 is 10.6 Å². The highest BCUT2D eigenvalue weighted by Gasteiger charge is 2.18. The molecule has 0 aliphatic rings. The zero-order valence-corrected chi connectivity index (χ0v) is 15.4. The van der Waals surface area contributed by atoms with E-state index in [1.165, 1.54) is 11.3 Å². The molecule has 1 unspecified atom stereocenters. The van der Waals surface area contributed by atoms with Gasteiger partial charge in [-0.05, 0) is 23.9 Å². The lowest BCUT2D eigenvalue weighted by atomic mass is 10.2. The average Bonchev–Trinajstić information content (AvgIpc) is 3.09. The van der Waals surface area contributed by atoms with Gasteiger partial charge < -0.3 is 10.6 Å². The molecule has 2 aromatic rings. The third-order valence-electron chi connectivity index (χ3n) is 3.43. The van der Waals surface area contributed by atoms with Gasteiger partial charge in [-0.1, -0.05) is 36.4 Å². The molecule has 0 bridgehead atoms. The molecule has 0 saturated carbocycles. The van der Waals surface area contributed by atoms with Crippen molar-refractivity contribution in [3.63, 3.8) is 0 Å². The van der Waals surface area contributed by atoms with Crippen LogP contribution in [0.2, 0.25) is 0 Å². The van der Waals surface area contributed by atoms with Gasteiger partial charge >= 0.3 is 0 Å². The first-order chi connectivity index (χ1) is 11.9. The van der Waals surface area contributed by atoms with Gasteiger partial charge in [0.15, 0.2) is 9.84 Å². The van der Waals surface area contributed by atoms with Crippen molar-refractivity contribution >= 4 is 33.0 Å². The summed E-state index contributed by atoms with van der Waals surface area (Å²) in [5.74, 6) is -0.956. The van der Waals surface area contributed by atoms with Crippen molar-refractivity contribution in [3.05, 3.63) is 58.3 Å². The van der Waals surface area contributed by atoms with Crippen LogP contribution in [0.4, 0.5) is 0 Å². The van der Waals surface area contributed by atoms with Gasteiger partial charge in [0.1, 0.15) is 6.04 Å². The molecule has 1 atom stereocenters. The van der Waals surface area contributed by atoms with Gasteiger partial charge in [-0.25, -0.2) is 8.42 Å². The molecule has 6 nitrogen and oxygen atoms in total. The minimum absolute atomic E-state index is 0.00716. The van der Waals surface area contributed by atoms with Gasteiger partial charge in [0.2, 0.25) is 5.91 Å². The van der Waals surface area contributed by atoms with Crippen molar-refractivity contribution in [2.75, 3.05) is 12.3 Å². The summed E-state index contributed by atoms with van der Waals surface area (Å²) in [4.78, 5) is 24.4. The molecule has 0 radical (unpaired) electrons. The van der Waals surface area contributed by atoms with Crippen molar-refractivity contribution < 1.29 is 18.0 Å². The molecular weight excluding hydrogens is 360 g/mol. The Kier molecular flexibility index (Phi) is 6.72. The highest BCUT2D eigenvalue weighted by molar-refractivity contribution is 7.90. The second-order valence-electron chi connectivity index (χ2n) is 5.54. The largest absolute Gasteiger partial charge is 0.353 e. The highest BCUT2D eigenvalue weighted by Crippen LogP contribution is 2.08. The minimum atomic E-state index is -3.31. The van der Waals surface area contributed by atoms with Gasteiger partial charge in [-0.15, -0.1) is 11.3 Å². The van der Waals surface area contributed by atoms with E-state index in [2.05, 4.69) is 10.6 Å². The molecule has 0 spiro atoms. The molecule has 0 aliphatic carbocycles. The second kappa shape index (κ2) is 8.77. The van der Waals surface area contributed by atoms with Crippen LogP contribution in [-0.2, 0) is 20.4 Å². The topological polar surface area (TPSA) is 92.3 Å². The molecule has 0 saturated heterocycles. The molecule has 25 heavy (non-hydrogen) atoms. The van der Waals surface area contributed by atoms with Crippen molar-refractivity contribution in [3.8, 4) is 0 Å². The van der Waals surface area contributed by atoms with E-state index in [1.807, 2.05) is 6.07 Å². The Balaban J connectivity index is 1.76. The van der Waals surface area contributed by atoms with Gasteiger partial charge in [0.05, 0.1) is 16.4 Å². The van der Waals surface area contributed by atoms with E-state index in [1.54, 1.807) is 48.7 Å². The van der Waals surface area contributed by atoms with E-state index in [-0.39, 0.29) is 24.0 Å². The first-order valence-electron chi connectivity index (χ1n) is 7.74. The van der Waals surface area contributed by atoms with E-state index in [0.717, 1.165) is 0 Å². The summed E-state index contributed by atoms with van der Waals surface area (Å²) in [6.45, 7) is 1.56. The van der Waals surface area contributed by atoms with E-state index < -0.39 is 21.8 Å². The summed E-state index contributed by atoms with van der Waals surface area (Å²) >= 11 is 1.28. The lowest BCUT2D eigenvalue weighted by Gasteiger charge is -2.13. The Morgan fingerprint density at radius 2 is 1.84 bits per heavy atom. The number of amides is 2. The van der Waals surface area contributed by atoms with Crippen LogP contribution >= 0.6 is 11.3 Å². The zero-order valence-electron chi connectivity index (χ0n) is 13.8. The van der Waals surface area contributed by atoms with E-state index in [0.29, 0.717) is 10.4 Å². The van der Waals surface area contributed by atoms with Crippen molar-refractivity contribution in [1.82, 2.24) is 10.6 Å². The third-order valence-corrected chi connectivity index (χ3v) is 5.90. The molecule has 0 fully saturated rings. The Morgan fingerprint density at radius 3 is 2.48 bits per heavy atom. The quantitative estimate of drug-likeness (QED) is 0.728. The SMILES string of the molecule is CC(NC(=O)c1cccs1)C(=O)NCCS(=O)(=O)Cc1ccccc1. The lowest BCUT2D eigenvalue weighted by molar-refractivity contribution is -0.122. The summed E-state index contributed by atoms with van der Waals surface area (Å²) in [6.07, 6.45) is 0. The maximum absolute atomic E-state index is 12.1. The summed E-state index contributed by atoms with van der Waals surface area (Å²) in [5.41, 5.74) is 0.713. The van der Waals surface area contributed by atoms with Crippen molar-refractivity contribution in [1.29, 1.82) is 0 Å². The maximum atomic E-state index is 12.1. The Hall–Kier alpha value is -2.19. The second-order valence-corrected chi connectivity index (χ2v) is 8.67. The Morgan fingerprint density at radius 1 is 1.12 bits per heavy atom. The number of hydrogen-bond donors (Lipinski definition) is 2. The first kappa shape index (κ1) is 19.1. The molecular formula is C17H20N2O4S2. The normalized spacial score (nSPS) is 12.4. The van der Waals surface area contributed by atoms with Gasteiger partial charge in [-0.2, -0.15) is 0 Å². The van der Waals surface area contributed by atoms with Crippen molar-refractivity contribution in [2.45, 2.75) is 18.7 Å². The number of hydrogen-bond acceptors (Lipinski definition) is 5. The van der Waals surface area contributed by atoms with E-state index >= 15 is 0 Å². The smallest absolute Gasteiger partial charge is 0.261 e. The monoisotopic (exact) mass is 380 g/mol. The number of rotatable bonds is 8. The number of thiophene rings is 1. The lowest BCUT2D eigenvalue weighted by Crippen LogP contribution is -2.45. The molecule has 134 valence electrons. The average molecular weight is 380 g/mol. The molecule has 2 N–H and O–H groups in total. The molecule has 8 heteroatoms. The van der Waals surface area contributed by atoms with Crippen LogP contribution in [0.1, 0.15) is 22.2 Å². The first-order valence-corrected chi connectivity index (χ1v) is 10.4. The van der Waals surface area contributed by atoms with Crippen LogP contribution in [0.3, 0.4) is 0 Å². The van der Waals surface area contributed by atoms with Crippen LogP contribution in [0.5, 0.6) is 0 Å². The zero-order chi connectivity index (χ0) is 18.3. The number of carbonyl (C=O) groups is 2. The molecule has 2 amide bonds. The van der Waals surface area contributed by atoms with Crippen LogP contribution in [-0.4, -0.2) is 38.6 Å². The standard InChI is InChI=1S/C17H20N2O4S2/c1-13(19-17(21)15-8-5-10-24-15)16(20)18-9-11-25(22,23)12-14-6-3-2-4-7-14/h2-8,10,13H,9,11-12H2,1H3,(H,18,20)(H,19,21). The molecule has 0 aliphatic heterocycles. The summed E-state index contributed by atoms with van der Waals surface area (Å²) in [7, 11) is -3.31. The number of carbonyl (C=O) groups excluding carboxylic acids is 2. The fraction of sp³-hybridized carbons (Fsp3) is 0.294. The van der Waals surface area contributed by atoms with Gasteiger partial charge in [-0.3, -0.25) is 9.59 Å². The third kappa shape index (κ3) is 6.32. The van der Waals surface area contributed by atoms with Crippen molar-refractivity contribution in [2.24, 2.45) is 0 Å². The molecule has 1 aromatic carbocycles. The highest BCUT2D eigenvalue weighted by atomic mass is 32.2.